The summed E-state index contributed by atoms with van der Waals surface area (Å²) in [4.78, 5) is 2.53. The van der Waals surface area contributed by atoms with E-state index in [0.717, 1.165) is 18.9 Å². The van der Waals surface area contributed by atoms with Crippen molar-refractivity contribution in [2.45, 2.75) is 57.6 Å². The van der Waals surface area contributed by atoms with Crippen LogP contribution >= 0.6 is 0 Å². The van der Waals surface area contributed by atoms with Crippen molar-refractivity contribution in [3.05, 3.63) is 11.6 Å². The summed E-state index contributed by atoms with van der Waals surface area (Å²) in [6, 6.07) is 0.367. The van der Waals surface area contributed by atoms with Crippen LogP contribution in [0.2, 0.25) is 0 Å². The minimum atomic E-state index is -0.473. The summed E-state index contributed by atoms with van der Waals surface area (Å²) in [5, 5.41) is 11.0. The lowest BCUT2D eigenvalue weighted by molar-refractivity contribution is -0.143. The van der Waals surface area contributed by atoms with Gasteiger partial charge in [0.05, 0.1) is 5.60 Å². The molecule has 2 nitrogen and oxygen atoms in total. The van der Waals surface area contributed by atoms with Gasteiger partial charge in [0.25, 0.3) is 0 Å². The lowest BCUT2D eigenvalue weighted by Gasteiger charge is -2.56. The van der Waals surface area contributed by atoms with E-state index in [0.29, 0.717) is 12.0 Å². The molecule has 1 saturated carbocycles. The molecule has 0 aromatic rings. The van der Waals surface area contributed by atoms with Gasteiger partial charge in [-0.05, 0) is 44.9 Å². The third kappa shape index (κ3) is 1.86. The Labute approximate surface area is 105 Å². The van der Waals surface area contributed by atoms with E-state index in [1.54, 1.807) is 0 Å². The fourth-order valence-electron chi connectivity index (χ4n) is 4.44. The van der Waals surface area contributed by atoms with Gasteiger partial charge in [0, 0.05) is 19.1 Å². The van der Waals surface area contributed by atoms with Crippen LogP contribution in [0.5, 0.6) is 0 Å². The lowest BCUT2D eigenvalue weighted by Crippen LogP contribution is -2.64. The van der Waals surface area contributed by atoms with Crippen molar-refractivity contribution in [1.29, 1.82) is 0 Å². The van der Waals surface area contributed by atoms with Crippen LogP contribution in [0.3, 0.4) is 0 Å². The molecule has 0 radical (unpaired) electrons. The van der Waals surface area contributed by atoms with Gasteiger partial charge in [0.2, 0.25) is 0 Å². The summed E-state index contributed by atoms with van der Waals surface area (Å²) in [7, 11) is 0. The second kappa shape index (κ2) is 4.10. The van der Waals surface area contributed by atoms with Gasteiger partial charge in [-0.3, -0.25) is 4.90 Å². The van der Waals surface area contributed by atoms with Crippen LogP contribution in [-0.4, -0.2) is 34.7 Å². The van der Waals surface area contributed by atoms with Crippen molar-refractivity contribution >= 4 is 0 Å². The summed E-state index contributed by atoms with van der Waals surface area (Å²) in [5.74, 6) is 1.28. The highest BCUT2D eigenvalue weighted by molar-refractivity contribution is 5.15. The molecule has 2 aliphatic heterocycles. The van der Waals surface area contributed by atoms with Crippen molar-refractivity contribution in [3.63, 3.8) is 0 Å². The molecule has 0 unspecified atom stereocenters. The van der Waals surface area contributed by atoms with E-state index in [1.165, 1.54) is 37.8 Å². The predicted molar refractivity (Wildman–Crippen MR) is 69.8 cm³/mol. The average molecular weight is 235 g/mol. The molecule has 1 aliphatic carbocycles. The van der Waals surface area contributed by atoms with Crippen molar-refractivity contribution in [3.8, 4) is 0 Å². The average Bonchev–Trinajstić information content (AvgIpc) is 2.31. The molecule has 0 spiro atoms. The fraction of sp³-hybridized carbons (Fsp3) is 0.867. The molecule has 3 aliphatic rings. The highest BCUT2D eigenvalue weighted by atomic mass is 16.3. The summed E-state index contributed by atoms with van der Waals surface area (Å²) in [6.07, 6.45) is 8.66. The van der Waals surface area contributed by atoms with E-state index in [-0.39, 0.29) is 0 Å². The summed E-state index contributed by atoms with van der Waals surface area (Å²) in [5.41, 5.74) is 0.986. The molecule has 0 amide bonds. The van der Waals surface area contributed by atoms with E-state index in [9.17, 15) is 5.11 Å². The molecule has 4 atom stereocenters. The topological polar surface area (TPSA) is 23.5 Å². The number of hydrogen-bond acceptors (Lipinski definition) is 2. The molecule has 3 rings (SSSR count). The van der Waals surface area contributed by atoms with Crippen LogP contribution in [0.4, 0.5) is 0 Å². The van der Waals surface area contributed by atoms with Crippen molar-refractivity contribution < 1.29 is 5.11 Å². The van der Waals surface area contributed by atoms with Gasteiger partial charge in [-0.15, -0.1) is 0 Å². The van der Waals surface area contributed by atoms with E-state index in [2.05, 4.69) is 24.8 Å². The van der Waals surface area contributed by atoms with E-state index in [1.807, 2.05) is 0 Å². The van der Waals surface area contributed by atoms with Gasteiger partial charge >= 0.3 is 0 Å². The van der Waals surface area contributed by atoms with Crippen LogP contribution in [0.15, 0.2) is 11.6 Å². The third-order valence-corrected chi connectivity index (χ3v) is 5.43. The molecule has 1 N–H and O–H groups in total. The number of rotatable bonds is 0. The van der Waals surface area contributed by atoms with Crippen LogP contribution in [0, 0.1) is 11.8 Å². The van der Waals surface area contributed by atoms with E-state index < -0.39 is 5.60 Å². The van der Waals surface area contributed by atoms with Gasteiger partial charge in [0.1, 0.15) is 0 Å². The summed E-state index contributed by atoms with van der Waals surface area (Å²) < 4.78 is 0. The minimum absolute atomic E-state index is 0.367. The highest BCUT2D eigenvalue weighted by Gasteiger charge is 2.51. The second-order valence-corrected chi connectivity index (χ2v) is 6.60. The number of hydrogen-bond donors (Lipinski definition) is 1. The predicted octanol–water partition coefficient (Wildman–Crippen LogP) is 2.58. The van der Waals surface area contributed by atoms with Crippen molar-refractivity contribution in [1.82, 2.24) is 4.90 Å². The smallest absolute Gasteiger partial charge is 0.0808 e. The molecule has 0 bridgehead atoms. The van der Waals surface area contributed by atoms with E-state index >= 15 is 0 Å². The molecule has 17 heavy (non-hydrogen) atoms. The van der Waals surface area contributed by atoms with Gasteiger partial charge in [-0.1, -0.05) is 24.5 Å². The first-order valence-corrected chi connectivity index (χ1v) is 7.21. The van der Waals surface area contributed by atoms with E-state index in [4.69, 9.17) is 0 Å². The maximum Gasteiger partial charge on any atom is 0.0808 e. The van der Waals surface area contributed by atoms with Gasteiger partial charge < -0.3 is 5.11 Å². The Morgan fingerprint density at radius 1 is 1.35 bits per heavy atom. The monoisotopic (exact) mass is 235 g/mol. The largest absolute Gasteiger partial charge is 0.388 e. The quantitative estimate of drug-likeness (QED) is 0.652. The highest BCUT2D eigenvalue weighted by Crippen LogP contribution is 2.46. The number of aliphatic hydroxyl groups is 1. The first kappa shape index (κ1) is 11.7. The zero-order valence-electron chi connectivity index (χ0n) is 11.2. The SMILES string of the molecule is CC1=CCN2C[C@H]3CCCC[C@@H]3[C@](C)(O)[C@@H]2C1. The molecule has 2 heteroatoms. The standard InChI is InChI=1S/C15H25NO/c1-11-7-8-16-10-12-5-3-4-6-13(12)15(2,17)14(16)9-11/h7,12-14,17H,3-6,8-10H2,1-2H3/t12-,13+,14+,15+/m1/s1. The number of nitrogens with zero attached hydrogens (tertiary/aromatic N) is 1. The Morgan fingerprint density at radius 2 is 2.12 bits per heavy atom. The fourth-order valence-corrected chi connectivity index (χ4v) is 4.44. The van der Waals surface area contributed by atoms with Crippen LogP contribution in [0.1, 0.15) is 46.0 Å². The van der Waals surface area contributed by atoms with Crippen LogP contribution < -0.4 is 0 Å². The summed E-state index contributed by atoms with van der Waals surface area (Å²) >= 11 is 0. The van der Waals surface area contributed by atoms with Crippen LogP contribution in [0.25, 0.3) is 0 Å². The normalized spacial score (nSPS) is 47.0. The Bertz CT molecular complexity index is 334. The maximum atomic E-state index is 11.0. The third-order valence-electron chi connectivity index (χ3n) is 5.43. The first-order valence-electron chi connectivity index (χ1n) is 7.21. The van der Waals surface area contributed by atoms with Gasteiger partial charge in [-0.2, -0.15) is 0 Å². The van der Waals surface area contributed by atoms with Gasteiger partial charge in [-0.25, -0.2) is 0 Å². The van der Waals surface area contributed by atoms with Crippen molar-refractivity contribution in [2.75, 3.05) is 13.1 Å². The second-order valence-electron chi connectivity index (χ2n) is 6.60. The first-order chi connectivity index (χ1) is 8.09. The minimum Gasteiger partial charge on any atom is -0.388 e. The number of piperidine rings is 1. The molecule has 0 aromatic carbocycles. The maximum absolute atomic E-state index is 11.0. The Morgan fingerprint density at radius 3 is 2.94 bits per heavy atom. The Balaban J connectivity index is 1.88. The van der Waals surface area contributed by atoms with Crippen molar-refractivity contribution in [2.24, 2.45) is 11.8 Å². The molecule has 96 valence electrons. The Hall–Kier alpha value is -0.340. The Kier molecular flexibility index (Phi) is 2.83. The molecule has 2 fully saturated rings. The lowest BCUT2D eigenvalue weighted by atomic mass is 9.63. The van der Waals surface area contributed by atoms with Crippen LogP contribution in [-0.2, 0) is 0 Å². The number of fused-ring (bicyclic) bond motifs is 2. The molecule has 0 aromatic heterocycles. The molecule has 1 saturated heterocycles. The zero-order valence-corrected chi connectivity index (χ0v) is 11.2. The summed E-state index contributed by atoms with van der Waals surface area (Å²) in [6.45, 7) is 6.58. The molecule has 2 heterocycles. The molecular weight excluding hydrogens is 210 g/mol. The zero-order chi connectivity index (χ0) is 12.0. The van der Waals surface area contributed by atoms with Gasteiger partial charge in [0.15, 0.2) is 0 Å². The molecular formula is C15H25NO.